The quantitative estimate of drug-likeness (QED) is 0.556. The Morgan fingerprint density at radius 3 is 1.67 bits per heavy atom. The minimum Gasteiger partial charge on any atom is -0.494 e. The number of rotatable bonds is 7. The number of aliphatic hydroxyl groups is 1. The fourth-order valence-electron chi connectivity index (χ4n) is 2.83. The van der Waals surface area contributed by atoms with Gasteiger partial charge in [0.15, 0.2) is 0 Å². The molecule has 0 aromatic heterocycles. The van der Waals surface area contributed by atoms with Gasteiger partial charge in [0.2, 0.25) is 0 Å². The van der Waals surface area contributed by atoms with Gasteiger partial charge in [-0.3, -0.25) is 9.59 Å². The van der Waals surface area contributed by atoms with Crippen LogP contribution in [0.4, 0.5) is 11.4 Å². The first-order valence-corrected chi connectivity index (χ1v) is 9.19. The van der Waals surface area contributed by atoms with Crippen molar-refractivity contribution in [3.8, 4) is 11.5 Å². The van der Waals surface area contributed by atoms with Gasteiger partial charge in [0, 0.05) is 23.3 Å². The zero-order valence-corrected chi connectivity index (χ0v) is 16.6. The Bertz CT molecular complexity index is 1030. The van der Waals surface area contributed by atoms with Gasteiger partial charge in [-0.1, -0.05) is 30.3 Å². The Kier molecular flexibility index (Phi) is 6.67. The van der Waals surface area contributed by atoms with Gasteiger partial charge in [0.25, 0.3) is 11.8 Å². The molecule has 0 heterocycles. The van der Waals surface area contributed by atoms with E-state index in [0.717, 1.165) is 0 Å². The van der Waals surface area contributed by atoms with Crippen LogP contribution < -0.4 is 20.1 Å². The third kappa shape index (κ3) is 4.76. The lowest BCUT2D eigenvalue weighted by molar-refractivity contribution is 0.101. The van der Waals surface area contributed by atoms with Crippen molar-refractivity contribution >= 4 is 23.2 Å². The van der Waals surface area contributed by atoms with Crippen LogP contribution in [0.25, 0.3) is 0 Å². The first-order chi connectivity index (χ1) is 14.5. The van der Waals surface area contributed by atoms with E-state index in [1.54, 1.807) is 60.7 Å². The van der Waals surface area contributed by atoms with Crippen molar-refractivity contribution in [3.63, 3.8) is 0 Å². The molecule has 3 aromatic rings. The van der Waals surface area contributed by atoms with Crippen molar-refractivity contribution in [1.29, 1.82) is 0 Å². The highest BCUT2D eigenvalue weighted by molar-refractivity contribution is 6.07. The molecule has 0 unspecified atom stereocenters. The highest BCUT2D eigenvalue weighted by atomic mass is 16.5. The van der Waals surface area contributed by atoms with Gasteiger partial charge in [-0.15, -0.1) is 0 Å². The first kappa shape index (κ1) is 20.9. The molecule has 0 aliphatic carbocycles. The molecule has 0 atom stereocenters. The fourth-order valence-corrected chi connectivity index (χ4v) is 2.83. The summed E-state index contributed by atoms with van der Waals surface area (Å²) in [5.74, 6) is 0.0862. The van der Waals surface area contributed by atoms with E-state index in [2.05, 4.69) is 10.6 Å². The molecule has 30 heavy (non-hydrogen) atoms. The second-order valence-corrected chi connectivity index (χ2v) is 6.38. The molecule has 0 aliphatic heterocycles. The van der Waals surface area contributed by atoms with E-state index in [9.17, 15) is 9.59 Å². The van der Waals surface area contributed by atoms with Crippen molar-refractivity contribution in [2.24, 2.45) is 0 Å². The van der Waals surface area contributed by atoms with E-state index in [1.807, 2.05) is 6.07 Å². The van der Waals surface area contributed by atoms with Crippen LogP contribution in [0.15, 0.2) is 66.7 Å². The molecule has 3 N–H and O–H groups in total. The average Bonchev–Trinajstić information content (AvgIpc) is 2.80. The summed E-state index contributed by atoms with van der Waals surface area (Å²) in [6.45, 7) is -0.0942. The number of benzene rings is 3. The Balaban J connectivity index is 1.85. The highest BCUT2D eigenvalue weighted by Gasteiger charge is 2.17. The monoisotopic (exact) mass is 406 g/mol. The zero-order valence-electron chi connectivity index (χ0n) is 16.6. The summed E-state index contributed by atoms with van der Waals surface area (Å²) < 4.78 is 10.8. The number of nitrogens with one attached hydrogen (secondary N) is 2. The van der Waals surface area contributed by atoms with Crippen LogP contribution in [-0.2, 0) is 6.61 Å². The topological polar surface area (TPSA) is 96.9 Å². The molecule has 0 saturated heterocycles. The van der Waals surface area contributed by atoms with Gasteiger partial charge < -0.3 is 25.2 Å². The van der Waals surface area contributed by atoms with E-state index in [0.29, 0.717) is 39.6 Å². The second-order valence-electron chi connectivity index (χ2n) is 6.38. The number of amides is 2. The van der Waals surface area contributed by atoms with E-state index in [1.165, 1.54) is 14.2 Å². The SMILES string of the molecule is COc1cc(NC(=O)c2ccc(CO)cc2)c(OC)cc1NC(=O)c1ccccc1. The Hall–Kier alpha value is -3.84. The standard InChI is InChI=1S/C23H22N2O5/c1-29-20-13-19(25-23(28)17-10-8-15(14-26)9-11-17)21(30-2)12-18(20)24-22(27)16-6-4-3-5-7-16/h3-13,26H,14H2,1-2H3,(H,24,27)(H,25,28). The van der Waals surface area contributed by atoms with Crippen LogP contribution in [0.3, 0.4) is 0 Å². The number of ether oxygens (including phenoxy) is 2. The van der Waals surface area contributed by atoms with Crippen LogP contribution in [0.2, 0.25) is 0 Å². The number of aliphatic hydroxyl groups excluding tert-OH is 1. The Labute approximate surface area is 174 Å². The molecule has 0 fully saturated rings. The minimum absolute atomic E-state index is 0.0942. The summed E-state index contributed by atoms with van der Waals surface area (Å²) in [5.41, 5.74) is 2.44. The Morgan fingerprint density at radius 1 is 0.767 bits per heavy atom. The minimum atomic E-state index is -0.346. The number of carbonyl (C=O) groups excluding carboxylic acids is 2. The van der Waals surface area contributed by atoms with Crippen molar-refractivity contribution in [1.82, 2.24) is 0 Å². The molecule has 0 radical (unpaired) electrons. The first-order valence-electron chi connectivity index (χ1n) is 9.19. The molecule has 7 heteroatoms. The van der Waals surface area contributed by atoms with Crippen molar-refractivity contribution in [3.05, 3.63) is 83.4 Å². The molecule has 2 amide bonds. The molecular formula is C23H22N2O5. The lowest BCUT2D eigenvalue weighted by Crippen LogP contribution is -2.15. The third-order valence-corrected chi connectivity index (χ3v) is 4.45. The molecule has 154 valence electrons. The zero-order chi connectivity index (χ0) is 21.5. The molecular weight excluding hydrogens is 384 g/mol. The molecule has 3 rings (SSSR count). The van der Waals surface area contributed by atoms with Gasteiger partial charge >= 0.3 is 0 Å². The Morgan fingerprint density at radius 2 is 1.23 bits per heavy atom. The van der Waals surface area contributed by atoms with Crippen molar-refractivity contribution in [2.75, 3.05) is 24.9 Å². The van der Waals surface area contributed by atoms with Gasteiger partial charge in [0.05, 0.1) is 32.2 Å². The van der Waals surface area contributed by atoms with Gasteiger partial charge in [-0.2, -0.15) is 0 Å². The van der Waals surface area contributed by atoms with E-state index in [4.69, 9.17) is 14.6 Å². The molecule has 0 aliphatic rings. The maximum atomic E-state index is 12.6. The van der Waals surface area contributed by atoms with E-state index >= 15 is 0 Å². The van der Waals surface area contributed by atoms with Gasteiger partial charge in [-0.25, -0.2) is 0 Å². The summed E-state index contributed by atoms with van der Waals surface area (Å²) in [6.07, 6.45) is 0. The van der Waals surface area contributed by atoms with E-state index in [-0.39, 0.29) is 18.4 Å². The summed E-state index contributed by atoms with van der Waals surface area (Å²) in [4.78, 5) is 25.1. The lowest BCUT2D eigenvalue weighted by Gasteiger charge is -2.16. The predicted molar refractivity (Wildman–Crippen MR) is 114 cm³/mol. The highest BCUT2D eigenvalue weighted by Crippen LogP contribution is 2.37. The van der Waals surface area contributed by atoms with Crippen LogP contribution >= 0.6 is 0 Å². The summed E-state index contributed by atoms with van der Waals surface area (Å²) in [5, 5.41) is 14.7. The number of hydrogen-bond donors (Lipinski definition) is 3. The molecule has 3 aromatic carbocycles. The van der Waals surface area contributed by atoms with Crippen LogP contribution in [-0.4, -0.2) is 31.1 Å². The van der Waals surface area contributed by atoms with Crippen molar-refractivity contribution < 1.29 is 24.2 Å². The van der Waals surface area contributed by atoms with E-state index < -0.39 is 0 Å². The third-order valence-electron chi connectivity index (χ3n) is 4.45. The van der Waals surface area contributed by atoms with Crippen LogP contribution in [0.1, 0.15) is 26.3 Å². The number of carbonyl (C=O) groups is 2. The lowest BCUT2D eigenvalue weighted by atomic mass is 10.1. The molecule has 0 spiro atoms. The molecule has 0 bridgehead atoms. The maximum Gasteiger partial charge on any atom is 0.255 e. The smallest absolute Gasteiger partial charge is 0.255 e. The summed E-state index contributed by atoms with van der Waals surface area (Å²) >= 11 is 0. The van der Waals surface area contributed by atoms with Gasteiger partial charge in [-0.05, 0) is 29.8 Å². The largest absolute Gasteiger partial charge is 0.494 e. The maximum absolute atomic E-state index is 12.6. The molecule has 0 saturated carbocycles. The fraction of sp³-hybridized carbons (Fsp3) is 0.130. The average molecular weight is 406 g/mol. The second kappa shape index (κ2) is 9.58. The van der Waals surface area contributed by atoms with Gasteiger partial charge in [0.1, 0.15) is 11.5 Å². The van der Waals surface area contributed by atoms with Crippen LogP contribution in [0, 0.1) is 0 Å². The predicted octanol–water partition coefficient (Wildman–Crippen LogP) is 3.70. The normalized spacial score (nSPS) is 10.2. The number of anilines is 2. The summed E-state index contributed by atoms with van der Waals surface area (Å²) in [6, 6.07) is 18.6. The van der Waals surface area contributed by atoms with Crippen LogP contribution in [0.5, 0.6) is 11.5 Å². The number of methoxy groups -OCH3 is 2. The van der Waals surface area contributed by atoms with Crippen molar-refractivity contribution in [2.45, 2.75) is 6.61 Å². The molecule has 7 nitrogen and oxygen atoms in total. The number of hydrogen-bond acceptors (Lipinski definition) is 5. The summed E-state index contributed by atoms with van der Waals surface area (Å²) in [7, 11) is 2.94.